The van der Waals surface area contributed by atoms with Gasteiger partial charge < -0.3 is 33.8 Å². The molecule has 3 N–H and O–H groups in total. The van der Waals surface area contributed by atoms with Gasteiger partial charge in [-0.25, -0.2) is 9.13 Å². The number of aliphatic hydroxyl groups is 1. The molecule has 0 saturated carbocycles. The summed E-state index contributed by atoms with van der Waals surface area (Å²) in [6.45, 7) is 14.2. The van der Waals surface area contributed by atoms with Crippen molar-refractivity contribution in [2.75, 3.05) is 39.6 Å². The number of rotatable bonds is 79. The minimum absolute atomic E-state index is 0.107. The van der Waals surface area contributed by atoms with E-state index in [4.69, 9.17) is 37.0 Å². The summed E-state index contributed by atoms with van der Waals surface area (Å²) < 4.78 is 68.7. The van der Waals surface area contributed by atoms with Gasteiger partial charge in [0.2, 0.25) is 0 Å². The highest BCUT2D eigenvalue weighted by Crippen LogP contribution is 2.45. The van der Waals surface area contributed by atoms with Crippen LogP contribution >= 0.6 is 15.6 Å². The largest absolute Gasteiger partial charge is 0.472 e. The lowest BCUT2D eigenvalue weighted by molar-refractivity contribution is -0.161. The maximum atomic E-state index is 13.1. The van der Waals surface area contributed by atoms with E-state index in [0.29, 0.717) is 31.6 Å². The number of aliphatic hydroxyl groups excluding tert-OH is 1. The van der Waals surface area contributed by atoms with Gasteiger partial charge in [0.25, 0.3) is 0 Å². The van der Waals surface area contributed by atoms with Gasteiger partial charge in [-0.1, -0.05) is 370 Å². The van der Waals surface area contributed by atoms with Gasteiger partial charge in [0, 0.05) is 25.7 Å². The first kappa shape index (κ1) is 99.1. The van der Waals surface area contributed by atoms with Gasteiger partial charge >= 0.3 is 39.5 Å². The SMILES string of the molecule is CCC(C)CCCCCCCCCCCCCCCCCCCCC(=O)O[C@H](COC(=O)CCCCCCCCC(C)C)COP(=O)(O)OC[C@H](O)COP(=O)(O)OC[C@@H](COC(=O)CCCCCCCCCCCC(C)C)OC(=O)CCCCCCCCCCCCCCCCCC(C)C. The molecule has 17 nitrogen and oxygen atoms in total. The summed E-state index contributed by atoms with van der Waals surface area (Å²) in [5.41, 5.74) is 0. The lowest BCUT2D eigenvalue weighted by atomic mass is 9.99. The Labute approximate surface area is 619 Å². The molecule has 0 aromatic rings. The van der Waals surface area contributed by atoms with Crippen molar-refractivity contribution in [3.8, 4) is 0 Å². The highest BCUT2D eigenvalue weighted by molar-refractivity contribution is 7.47. The molecule has 3 unspecified atom stereocenters. The molecule has 0 aliphatic heterocycles. The van der Waals surface area contributed by atoms with E-state index in [1.807, 2.05) is 0 Å². The summed E-state index contributed by atoms with van der Waals surface area (Å²) in [7, 11) is -9.92. The first-order chi connectivity index (χ1) is 48.6. The zero-order valence-electron chi connectivity index (χ0n) is 66.5. The minimum Gasteiger partial charge on any atom is -0.462 e. The lowest BCUT2D eigenvalue weighted by Crippen LogP contribution is -2.30. The number of carbonyl (C=O) groups excluding carboxylic acids is 4. The molecule has 0 amide bonds. The van der Waals surface area contributed by atoms with Gasteiger partial charge in [-0.15, -0.1) is 0 Å². The number of hydrogen-bond acceptors (Lipinski definition) is 15. The summed E-state index contributed by atoms with van der Waals surface area (Å²) >= 11 is 0. The molecule has 0 fully saturated rings. The van der Waals surface area contributed by atoms with E-state index in [1.165, 1.54) is 218 Å². The Hall–Kier alpha value is -1.94. The molecule has 0 aliphatic rings. The molecular weight excluding hydrogens is 1320 g/mol. The van der Waals surface area contributed by atoms with Crippen LogP contribution < -0.4 is 0 Å². The predicted octanol–water partition coefficient (Wildman–Crippen LogP) is 24.4. The van der Waals surface area contributed by atoms with Gasteiger partial charge in [-0.3, -0.25) is 37.3 Å². The first-order valence-electron chi connectivity index (χ1n) is 42.2. The molecule has 0 spiro atoms. The maximum absolute atomic E-state index is 13.1. The van der Waals surface area contributed by atoms with Crippen molar-refractivity contribution in [1.82, 2.24) is 0 Å². The van der Waals surface area contributed by atoms with Crippen LogP contribution in [-0.4, -0.2) is 96.7 Å². The van der Waals surface area contributed by atoms with Gasteiger partial charge in [0.05, 0.1) is 26.4 Å². The van der Waals surface area contributed by atoms with E-state index in [0.717, 1.165) is 114 Å². The quantitative estimate of drug-likeness (QED) is 0.0222. The molecule has 0 heterocycles. The van der Waals surface area contributed by atoms with E-state index in [9.17, 15) is 43.2 Å². The highest BCUT2D eigenvalue weighted by atomic mass is 31.2. The van der Waals surface area contributed by atoms with E-state index in [-0.39, 0.29) is 25.7 Å². The van der Waals surface area contributed by atoms with E-state index in [2.05, 4.69) is 55.4 Å². The average Bonchev–Trinajstić information content (AvgIpc) is 0.918. The molecule has 0 aromatic carbocycles. The second-order valence-electron chi connectivity index (χ2n) is 31.2. The third-order valence-electron chi connectivity index (χ3n) is 19.4. The molecule has 0 aromatic heterocycles. The molecule has 0 bridgehead atoms. The number of phosphoric acid groups is 2. The number of phosphoric ester groups is 2. The van der Waals surface area contributed by atoms with Crippen molar-refractivity contribution in [3.05, 3.63) is 0 Å². The van der Waals surface area contributed by atoms with Crippen molar-refractivity contribution >= 4 is 39.5 Å². The summed E-state index contributed by atoms with van der Waals surface area (Å²) in [5, 5.41) is 10.6. The smallest absolute Gasteiger partial charge is 0.462 e. The van der Waals surface area contributed by atoms with Crippen molar-refractivity contribution in [1.29, 1.82) is 0 Å². The summed E-state index contributed by atoms with van der Waals surface area (Å²) in [6.07, 6.45) is 58.5. The Morgan fingerprint density at radius 3 is 0.703 bits per heavy atom. The second kappa shape index (κ2) is 71.0. The summed E-state index contributed by atoms with van der Waals surface area (Å²) in [4.78, 5) is 73.0. The third-order valence-corrected chi connectivity index (χ3v) is 21.3. The molecule has 0 rings (SSSR count). The molecule has 6 atom stereocenters. The zero-order valence-corrected chi connectivity index (χ0v) is 68.3. The van der Waals surface area contributed by atoms with Crippen LogP contribution in [0.3, 0.4) is 0 Å². The normalized spacial score (nSPS) is 14.3. The fourth-order valence-electron chi connectivity index (χ4n) is 12.6. The van der Waals surface area contributed by atoms with E-state index >= 15 is 0 Å². The van der Waals surface area contributed by atoms with Crippen molar-refractivity contribution in [2.24, 2.45) is 23.7 Å². The van der Waals surface area contributed by atoms with Crippen LogP contribution in [0.15, 0.2) is 0 Å². The van der Waals surface area contributed by atoms with Crippen LogP contribution in [0.1, 0.15) is 421 Å². The molecule has 19 heteroatoms. The molecule has 600 valence electrons. The Balaban J connectivity index is 5.16. The van der Waals surface area contributed by atoms with E-state index < -0.39 is 97.5 Å². The minimum atomic E-state index is -4.96. The topological polar surface area (TPSA) is 237 Å². The van der Waals surface area contributed by atoms with Crippen LogP contribution in [0.5, 0.6) is 0 Å². The number of carbonyl (C=O) groups is 4. The summed E-state index contributed by atoms with van der Waals surface area (Å²) in [5.74, 6) is 0.981. The monoisotopic (exact) mass is 1480 g/mol. The lowest BCUT2D eigenvalue weighted by Gasteiger charge is -2.21. The van der Waals surface area contributed by atoms with Gasteiger partial charge in [-0.2, -0.15) is 0 Å². The number of esters is 4. The van der Waals surface area contributed by atoms with Gasteiger partial charge in [-0.05, 0) is 49.4 Å². The van der Waals surface area contributed by atoms with Crippen molar-refractivity contribution < 1.29 is 80.2 Å². The fraction of sp³-hybridized carbons (Fsp3) is 0.951. The van der Waals surface area contributed by atoms with E-state index in [1.54, 1.807) is 0 Å². The third kappa shape index (κ3) is 74.7. The molecule has 0 aliphatic carbocycles. The average molecular weight is 1480 g/mol. The fourth-order valence-corrected chi connectivity index (χ4v) is 14.2. The molecule has 101 heavy (non-hydrogen) atoms. The van der Waals surface area contributed by atoms with Crippen LogP contribution in [-0.2, 0) is 65.4 Å². The molecular formula is C82H160O17P2. The highest BCUT2D eigenvalue weighted by Gasteiger charge is 2.30. The standard InChI is InChI=1S/C82H160O17P2/c1-9-75(8)61-53-45-36-30-24-20-16-12-10-11-13-17-21-25-31-38-48-56-65-82(87)99-78(69-93-80(85)63-55-47-41-40-44-52-60-74(6)7)71-97-101(90,91)95-67-76(83)66-94-100(88,89)96-70-77(68-92-79(84)62-54-46-37-33-27-29-35-43-51-59-73(4)5)98-81(86)64-57-49-39-32-26-22-18-14-15-19-23-28-34-42-50-58-72(2)3/h72-78,83H,9-71H2,1-8H3,(H,88,89)(H,90,91)/t75?,76-,77-,78-/m1/s1. The van der Waals surface area contributed by atoms with Crippen LogP contribution in [0.2, 0.25) is 0 Å². The Bertz CT molecular complexity index is 1970. The maximum Gasteiger partial charge on any atom is 0.472 e. The number of hydrogen-bond donors (Lipinski definition) is 3. The molecule has 0 radical (unpaired) electrons. The first-order valence-corrected chi connectivity index (χ1v) is 45.2. The number of unbranched alkanes of at least 4 members (excludes halogenated alkanes) is 44. The molecule has 0 saturated heterocycles. The van der Waals surface area contributed by atoms with Gasteiger partial charge in [0.1, 0.15) is 19.3 Å². The van der Waals surface area contributed by atoms with Crippen LogP contribution in [0.25, 0.3) is 0 Å². The zero-order chi connectivity index (χ0) is 74.6. The Kier molecular flexibility index (Phi) is 69.6. The van der Waals surface area contributed by atoms with Crippen LogP contribution in [0.4, 0.5) is 0 Å². The van der Waals surface area contributed by atoms with Gasteiger partial charge in [0.15, 0.2) is 12.2 Å². The second-order valence-corrected chi connectivity index (χ2v) is 34.1. The predicted molar refractivity (Wildman–Crippen MR) is 414 cm³/mol. The summed E-state index contributed by atoms with van der Waals surface area (Å²) in [6, 6.07) is 0. The Morgan fingerprint density at radius 1 is 0.277 bits per heavy atom. The number of ether oxygens (including phenoxy) is 4. The van der Waals surface area contributed by atoms with Crippen LogP contribution in [0, 0.1) is 23.7 Å². The Morgan fingerprint density at radius 2 is 0.475 bits per heavy atom. The van der Waals surface area contributed by atoms with Crippen molar-refractivity contribution in [2.45, 2.75) is 440 Å². The van der Waals surface area contributed by atoms with Crippen molar-refractivity contribution in [3.63, 3.8) is 0 Å².